The van der Waals surface area contributed by atoms with Crippen LogP contribution in [0, 0.1) is 16.0 Å². The summed E-state index contributed by atoms with van der Waals surface area (Å²) in [7, 11) is 0. The second kappa shape index (κ2) is 9.21. The molecule has 1 N–H and O–H groups in total. The average molecular weight is 340 g/mol. The summed E-state index contributed by atoms with van der Waals surface area (Å²) in [4.78, 5) is 12.0. The van der Waals surface area contributed by atoms with Crippen molar-refractivity contribution in [3.05, 3.63) is 15.0 Å². The van der Waals surface area contributed by atoms with Crippen LogP contribution in [0.4, 0.5) is 11.5 Å². The Balaban J connectivity index is 2.01. The molecule has 0 bridgehead atoms. The highest BCUT2D eigenvalue weighted by molar-refractivity contribution is 7.06. The first kappa shape index (κ1) is 18.2. The SMILES string of the molecule is CCC(CC)CCCc1snc([N+](=O)[O-])c1NC1CCCCC1. The summed E-state index contributed by atoms with van der Waals surface area (Å²) in [6, 6.07) is 0.372. The van der Waals surface area contributed by atoms with Crippen molar-refractivity contribution in [3.63, 3.8) is 0 Å². The molecule has 1 aliphatic rings. The van der Waals surface area contributed by atoms with Crippen LogP contribution < -0.4 is 5.32 Å². The van der Waals surface area contributed by atoms with Crippen molar-refractivity contribution in [3.8, 4) is 0 Å². The maximum absolute atomic E-state index is 11.3. The molecule has 5 nitrogen and oxygen atoms in total. The van der Waals surface area contributed by atoms with E-state index in [1.807, 2.05) is 0 Å². The van der Waals surface area contributed by atoms with Crippen LogP contribution in [-0.2, 0) is 6.42 Å². The summed E-state index contributed by atoms with van der Waals surface area (Å²) in [5.41, 5.74) is 0.705. The molecule has 2 rings (SSSR count). The minimum atomic E-state index is -0.341. The van der Waals surface area contributed by atoms with Gasteiger partial charge in [-0.15, -0.1) is 0 Å². The standard InChI is InChI=1S/C17H29N3O2S/c1-3-13(4-2)9-8-12-15-16(17(19-23-15)20(21)22)18-14-10-6-5-7-11-14/h13-14,18H,3-12H2,1-2H3. The number of nitrogens with one attached hydrogen (secondary N) is 1. The molecule has 0 unspecified atom stereocenters. The second-order valence-electron chi connectivity index (χ2n) is 6.62. The molecule has 0 radical (unpaired) electrons. The van der Waals surface area contributed by atoms with E-state index in [2.05, 4.69) is 23.5 Å². The summed E-state index contributed by atoms with van der Waals surface area (Å²) in [5.74, 6) is 0.797. The van der Waals surface area contributed by atoms with Crippen molar-refractivity contribution in [2.45, 2.75) is 84.1 Å². The van der Waals surface area contributed by atoms with Crippen molar-refractivity contribution in [2.75, 3.05) is 5.32 Å². The number of aromatic nitrogens is 1. The molecule has 1 aromatic heterocycles. The molecule has 23 heavy (non-hydrogen) atoms. The molecule has 1 heterocycles. The summed E-state index contributed by atoms with van der Waals surface area (Å²) in [6.45, 7) is 4.48. The number of aryl methyl sites for hydroxylation is 1. The predicted octanol–water partition coefficient (Wildman–Crippen LogP) is 5.55. The Hall–Kier alpha value is -1.17. The van der Waals surface area contributed by atoms with E-state index in [0.717, 1.165) is 36.5 Å². The Labute approximate surface area is 143 Å². The summed E-state index contributed by atoms with van der Waals surface area (Å²) in [6.07, 6.45) is 11.5. The Bertz CT molecular complexity index is 494. The van der Waals surface area contributed by atoms with Crippen LogP contribution in [0.1, 0.15) is 76.5 Å². The first-order chi connectivity index (χ1) is 11.2. The Morgan fingerprint density at radius 3 is 2.61 bits per heavy atom. The van der Waals surface area contributed by atoms with Gasteiger partial charge >= 0.3 is 5.82 Å². The number of anilines is 1. The molecule has 0 aliphatic heterocycles. The lowest BCUT2D eigenvalue weighted by molar-refractivity contribution is -0.387. The van der Waals surface area contributed by atoms with Gasteiger partial charge in [0.1, 0.15) is 0 Å². The zero-order chi connectivity index (χ0) is 16.7. The smallest absolute Gasteiger partial charge is 0.374 e. The molecule has 1 saturated carbocycles. The van der Waals surface area contributed by atoms with Crippen molar-refractivity contribution in [2.24, 2.45) is 5.92 Å². The van der Waals surface area contributed by atoms with Gasteiger partial charge in [-0.25, -0.2) is 0 Å². The number of rotatable bonds is 9. The normalized spacial score (nSPS) is 16.0. The third-order valence-electron chi connectivity index (χ3n) is 5.04. The second-order valence-corrected chi connectivity index (χ2v) is 7.47. The van der Waals surface area contributed by atoms with Gasteiger partial charge in [-0.05, 0) is 36.5 Å². The lowest BCUT2D eigenvalue weighted by Crippen LogP contribution is -2.23. The summed E-state index contributed by atoms with van der Waals surface area (Å²) < 4.78 is 4.10. The van der Waals surface area contributed by atoms with Gasteiger partial charge in [0.05, 0.1) is 16.4 Å². The zero-order valence-electron chi connectivity index (χ0n) is 14.3. The van der Waals surface area contributed by atoms with Crippen LogP contribution in [0.5, 0.6) is 0 Å². The van der Waals surface area contributed by atoms with E-state index in [1.54, 1.807) is 0 Å². The summed E-state index contributed by atoms with van der Waals surface area (Å²) in [5, 5.41) is 14.7. The van der Waals surface area contributed by atoms with E-state index in [9.17, 15) is 10.1 Å². The molecule has 1 fully saturated rings. The van der Waals surface area contributed by atoms with Gasteiger partial charge in [-0.2, -0.15) is 0 Å². The molecule has 1 aliphatic carbocycles. The molecule has 0 amide bonds. The Morgan fingerprint density at radius 2 is 2.00 bits per heavy atom. The topological polar surface area (TPSA) is 68.1 Å². The fraction of sp³-hybridized carbons (Fsp3) is 0.824. The van der Waals surface area contributed by atoms with E-state index in [1.165, 1.54) is 50.1 Å². The van der Waals surface area contributed by atoms with Gasteiger partial charge in [0.15, 0.2) is 5.69 Å². The molecule has 130 valence electrons. The fourth-order valence-electron chi connectivity index (χ4n) is 3.45. The van der Waals surface area contributed by atoms with Crippen LogP contribution in [-0.4, -0.2) is 15.3 Å². The lowest BCUT2D eigenvalue weighted by atomic mass is 9.95. The highest BCUT2D eigenvalue weighted by atomic mass is 32.1. The summed E-state index contributed by atoms with van der Waals surface area (Å²) >= 11 is 1.31. The molecule has 6 heteroatoms. The lowest BCUT2D eigenvalue weighted by Gasteiger charge is -2.23. The van der Waals surface area contributed by atoms with Gasteiger partial charge in [0, 0.05) is 10.4 Å². The first-order valence-electron chi connectivity index (χ1n) is 9.05. The van der Waals surface area contributed by atoms with Crippen molar-refractivity contribution in [1.29, 1.82) is 0 Å². The Kier molecular flexibility index (Phi) is 7.27. The molecule has 0 spiro atoms. The van der Waals surface area contributed by atoms with Crippen molar-refractivity contribution in [1.82, 2.24) is 4.37 Å². The fourth-order valence-corrected chi connectivity index (χ4v) is 4.29. The van der Waals surface area contributed by atoms with Crippen LogP contribution in [0.2, 0.25) is 0 Å². The Morgan fingerprint density at radius 1 is 1.30 bits per heavy atom. The first-order valence-corrected chi connectivity index (χ1v) is 9.82. The monoisotopic (exact) mass is 339 g/mol. The highest BCUT2D eigenvalue weighted by Gasteiger charge is 2.26. The molecule has 0 saturated heterocycles. The van der Waals surface area contributed by atoms with Gasteiger partial charge in [0.25, 0.3) is 0 Å². The van der Waals surface area contributed by atoms with Crippen molar-refractivity contribution >= 4 is 23.0 Å². The van der Waals surface area contributed by atoms with Gasteiger partial charge in [0.2, 0.25) is 0 Å². The number of nitro groups is 1. The van der Waals surface area contributed by atoms with E-state index >= 15 is 0 Å². The number of hydrogen-bond acceptors (Lipinski definition) is 5. The van der Waals surface area contributed by atoms with E-state index in [4.69, 9.17) is 0 Å². The average Bonchev–Trinajstić information content (AvgIpc) is 2.95. The van der Waals surface area contributed by atoms with Crippen LogP contribution in [0.15, 0.2) is 0 Å². The van der Waals surface area contributed by atoms with E-state index < -0.39 is 0 Å². The van der Waals surface area contributed by atoms with E-state index in [-0.39, 0.29) is 10.7 Å². The zero-order valence-corrected chi connectivity index (χ0v) is 15.2. The van der Waals surface area contributed by atoms with Crippen LogP contribution in [0.25, 0.3) is 0 Å². The predicted molar refractivity (Wildman–Crippen MR) is 96.3 cm³/mol. The number of hydrogen-bond donors (Lipinski definition) is 1. The molecular formula is C17H29N3O2S. The van der Waals surface area contributed by atoms with Gasteiger partial charge < -0.3 is 15.4 Å². The molecule has 0 aromatic carbocycles. The van der Waals surface area contributed by atoms with Gasteiger partial charge in [-0.3, -0.25) is 0 Å². The molecule has 0 atom stereocenters. The minimum Gasteiger partial charge on any atom is -0.374 e. The molecule has 1 aromatic rings. The third-order valence-corrected chi connectivity index (χ3v) is 5.94. The minimum absolute atomic E-state index is 0.0260. The highest BCUT2D eigenvalue weighted by Crippen LogP contribution is 2.35. The van der Waals surface area contributed by atoms with Crippen LogP contribution in [0.3, 0.4) is 0 Å². The van der Waals surface area contributed by atoms with Crippen LogP contribution >= 0.6 is 11.5 Å². The van der Waals surface area contributed by atoms with E-state index in [0.29, 0.717) is 11.7 Å². The third kappa shape index (κ3) is 5.16. The van der Waals surface area contributed by atoms with Crippen molar-refractivity contribution < 1.29 is 4.92 Å². The molecular weight excluding hydrogens is 310 g/mol. The largest absolute Gasteiger partial charge is 0.402 e. The maximum Gasteiger partial charge on any atom is 0.402 e. The quantitative estimate of drug-likeness (QED) is 0.473. The maximum atomic E-state index is 11.3. The number of nitrogens with zero attached hydrogens (tertiary/aromatic N) is 2. The van der Waals surface area contributed by atoms with Gasteiger partial charge in [-0.1, -0.05) is 52.4 Å².